The van der Waals surface area contributed by atoms with Gasteiger partial charge in [0.05, 0.1) is 12.4 Å². The van der Waals surface area contributed by atoms with Gasteiger partial charge < -0.3 is 15.5 Å². The van der Waals surface area contributed by atoms with Crippen molar-refractivity contribution in [2.24, 2.45) is 10.9 Å². The van der Waals surface area contributed by atoms with Gasteiger partial charge in [-0.25, -0.2) is 13.4 Å². The number of aryl methyl sites for hydroxylation is 1. The maximum absolute atomic E-state index is 12.6. The van der Waals surface area contributed by atoms with E-state index in [1.165, 1.54) is 16.8 Å². The Morgan fingerprint density at radius 2 is 2.35 bits per heavy atom. The van der Waals surface area contributed by atoms with Crippen molar-refractivity contribution in [2.45, 2.75) is 43.8 Å². The smallest absolute Gasteiger partial charge is 0.262 e. The van der Waals surface area contributed by atoms with Gasteiger partial charge in [0.2, 0.25) is 0 Å². The lowest BCUT2D eigenvalue weighted by atomic mass is 10.0. The van der Waals surface area contributed by atoms with Crippen molar-refractivity contribution in [1.29, 1.82) is 0 Å². The molecule has 0 radical (unpaired) electrons. The molecule has 1 aliphatic rings. The van der Waals surface area contributed by atoms with E-state index in [1.807, 2.05) is 6.92 Å². The lowest BCUT2D eigenvalue weighted by molar-refractivity contribution is 0.280. The standard InChI is InChI=1S/C11H19N5O3S/c1-2-15-7-10(13-8-15)20(18,19)16-6-4-3-5-9(16)11(12)14-17/h7-9,17H,2-6H2,1H3,(H2,12,14). The van der Waals surface area contributed by atoms with Crippen molar-refractivity contribution >= 4 is 15.9 Å². The maximum atomic E-state index is 12.6. The van der Waals surface area contributed by atoms with Crippen LogP contribution in [0.4, 0.5) is 0 Å². The molecule has 1 aromatic heterocycles. The molecule has 1 aromatic rings. The van der Waals surface area contributed by atoms with Crippen LogP contribution in [0, 0.1) is 0 Å². The summed E-state index contributed by atoms with van der Waals surface area (Å²) in [5, 5.41) is 11.8. The van der Waals surface area contributed by atoms with Crippen LogP contribution in [-0.2, 0) is 16.6 Å². The molecule has 20 heavy (non-hydrogen) atoms. The first-order valence-corrected chi connectivity index (χ1v) is 7.95. The minimum absolute atomic E-state index is 0.00279. The summed E-state index contributed by atoms with van der Waals surface area (Å²) in [6.07, 6.45) is 5.12. The van der Waals surface area contributed by atoms with Crippen LogP contribution in [0.5, 0.6) is 0 Å². The molecule has 0 amide bonds. The van der Waals surface area contributed by atoms with Gasteiger partial charge in [0.25, 0.3) is 10.0 Å². The van der Waals surface area contributed by atoms with Crippen LogP contribution in [0.25, 0.3) is 0 Å². The molecule has 1 aliphatic heterocycles. The number of piperidine rings is 1. The van der Waals surface area contributed by atoms with Crippen LogP contribution in [0.2, 0.25) is 0 Å². The van der Waals surface area contributed by atoms with Crippen molar-refractivity contribution in [3.05, 3.63) is 12.5 Å². The highest BCUT2D eigenvalue weighted by molar-refractivity contribution is 7.89. The molecule has 1 saturated heterocycles. The molecule has 2 rings (SSSR count). The Hall–Kier alpha value is -1.61. The minimum Gasteiger partial charge on any atom is -0.409 e. The number of amidine groups is 1. The number of imidazole rings is 1. The molecule has 1 atom stereocenters. The highest BCUT2D eigenvalue weighted by atomic mass is 32.2. The molecule has 3 N–H and O–H groups in total. The normalized spacial score (nSPS) is 22.1. The van der Waals surface area contributed by atoms with E-state index in [1.54, 1.807) is 4.57 Å². The van der Waals surface area contributed by atoms with E-state index in [0.717, 1.165) is 12.8 Å². The van der Waals surface area contributed by atoms with E-state index >= 15 is 0 Å². The fraction of sp³-hybridized carbons (Fsp3) is 0.636. The fourth-order valence-electron chi connectivity index (χ4n) is 2.32. The molecule has 9 heteroatoms. The Balaban J connectivity index is 2.35. The van der Waals surface area contributed by atoms with E-state index in [-0.39, 0.29) is 10.9 Å². The van der Waals surface area contributed by atoms with Gasteiger partial charge in [0.15, 0.2) is 10.9 Å². The number of aromatic nitrogens is 2. The Bertz CT molecular complexity index is 595. The second-order valence-electron chi connectivity index (χ2n) is 4.69. The first kappa shape index (κ1) is 14.8. The average molecular weight is 301 g/mol. The Morgan fingerprint density at radius 1 is 1.60 bits per heavy atom. The number of rotatable bonds is 4. The summed E-state index contributed by atoms with van der Waals surface area (Å²) >= 11 is 0. The number of hydrogen-bond acceptors (Lipinski definition) is 5. The van der Waals surface area contributed by atoms with Gasteiger partial charge in [-0.15, -0.1) is 0 Å². The van der Waals surface area contributed by atoms with Crippen molar-refractivity contribution in [3.63, 3.8) is 0 Å². The summed E-state index contributed by atoms with van der Waals surface area (Å²) < 4.78 is 28.2. The summed E-state index contributed by atoms with van der Waals surface area (Å²) in [5.74, 6) is -0.0804. The van der Waals surface area contributed by atoms with Crippen LogP contribution < -0.4 is 5.73 Å². The molecule has 2 heterocycles. The third-order valence-electron chi connectivity index (χ3n) is 3.46. The SMILES string of the molecule is CCn1cnc(S(=O)(=O)N2CCCCC2C(N)=NO)c1. The third-order valence-corrected chi connectivity index (χ3v) is 5.25. The van der Waals surface area contributed by atoms with Gasteiger partial charge in [-0.2, -0.15) is 4.31 Å². The van der Waals surface area contributed by atoms with E-state index in [9.17, 15) is 8.42 Å². The van der Waals surface area contributed by atoms with Crippen molar-refractivity contribution < 1.29 is 13.6 Å². The van der Waals surface area contributed by atoms with E-state index < -0.39 is 16.1 Å². The van der Waals surface area contributed by atoms with Gasteiger partial charge in [-0.05, 0) is 19.8 Å². The van der Waals surface area contributed by atoms with Gasteiger partial charge >= 0.3 is 0 Å². The molecular formula is C11H19N5O3S. The Kier molecular flexibility index (Phi) is 4.29. The lowest BCUT2D eigenvalue weighted by Gasteiger charge is -2.32. The fourth-order valence-corrected chi connectivity index (χ4v) is 3.93. The summed E-state index contributed by atoms with van der Waals surface area (Å²) in [6, 6.07) is -0.606. The topological polar surface area (TPSA) is 114 Å². The molecular weight excluding hydrogens is 282 g/mol. The summed E-state index contributed by atoms with van der Waals surface area (Å²) in [5.41, 5.74) is 5.61. The van der Waals surface area contributed by atoms with E-state index in [0.29, 0.717) is 19.5 Å². The zero-order valence-electron chi connectivity index (χ0n) is 11.3. The molecule has 0 aliphatic carbocycles. The predicted octanol–water partition coefficient (Wildman–Crippen LogP) is 0.193. The predicted molar refractivity (Wildman–Crippen MR) is 72.8 cm³/mol. The molecule has 0 bridgehead atoms. The van der Waals surface area contributed by atoms with Crippen molar-refractivity contribution in [1.82, 2.24) is 13.9 Å². The third kappa shape index (κ3) is 2.63. The van der Waals surface area contributed by atoms with Crippen LogP contribution in [0.1, 0.15) is 26.2 Å². The van der Waals surface area contributed by atoms with Crippen LogP contribution >= 0.6 is 0 Å². The maximum Gasteiger partial charge on any atom is 0.262 e. The lowest BCUT2D eigenvalue weighted by Crippen LogP contribution is -2.50. The molecule has 0 aromatic carbocycles. The summed E-state index contributed by atoms with van der Waals surface area (Å²) in [4.78, 5) is 3.94. The zero-order valence-corrected chi connectivity index (χ0v) is 12.1. The molecule has 112 valence electrons. The highest BCUT2D eigenvalue weighted by Gasteiger charge is 2.37. The van der Waals surface area contributed by atoms with Crippen molar-refractivity contribution in [2.75, 3.05) is 6.54 Å². The molecule has 0 spiro atoms. The van der Waals surface area contributed by atoms with Crippen molar-refractivity contribution in [3.8, 4) is 0 Å². The summed E-state index contributed by atoms with van der Waals surface area (Å²) in [6.45, 7) is 2.90. The van der Waals surface area contributed by atoms with Gasteiger partial charge in [0, 0.05) is 19.3 Å². The van der Waals surface area contributed by atoms with Gasteiger partial charge in [0.1, 0.15) is 0 Å². The largest absolute Gasteiger partial charge is 0.409 e. The second kappa shape index (κ2) is 5.80. The molecule has 0 saturated carbocycles. The first-order valence-electron chi connectivity index (χ1n) is 6.51. The second-order valence-corrected chi connectivity index (χ2v) is 6.53. The summed E-state index contributed by atoms with van der Waals surface area (Å²) in [7, 11) is -3.73. The van der Waals surface area contributed by atoms with Crippen LogP contribution in [0.3, 0.4) is 0 Å². The molecule has 1 fully saturated rings. The number of nitrogens with two attached hydrogens (primary N) is 1. The Morgan fingerprint density at radius 3 is 2.95 bits per heavy atom. The van der Waals surface area contributed by atoms with E-state index in [4.69, 9.17) is 10.9 Å². The monoisotopic (exact) mass is 301 g/mol. The highest BCUT2D eigenvalue weighted by Crippen LogP contribution is 2.24. The number of sulfonamides is 1. The molecule has 8 nitrogen and oxygen atoms in total. The first-order chi connectivity index (χ1) is 9.50. The quantitative estimate of drug-likeness (QED) is 0.357. The average Bonchev–Trinajstić information content (AvgIpc) is 2.96. The van der Waals surface area contributed by atoms with Crippen LogP contribution in [0.15, 0.2) is 22.7 Å². The number of oxime groups is 1. The Labute approximate surface area is 117 Å². The minimum atomic E-state index is -3.73. The number of hydrogen-bond donors (Lipinski definition) is 2. The number of nitrogens with zero attached hydrogens (tertiary/aromatic N) is 4. The molecule has 1 unspecified atom stereocenters. The zero-order chi connectivity index (χ0) is 14.8. The van der Waals surface area contributed by atoms with Gasteiger partial charge in [-0.3, -0.25) is 0 Å². The van der Waals surface area contributed by atoms with E-state index in [2.05, 4.69) is 10.1 Å². The van der Waals surface area contributed by atoms with Crippen LogP contribution in [-0.4, -0.2) is 45.9 Å². The van der Waals surface area contributed by atoms with Gasteiger partial charge in [-0.1, -0.05) is 11.6 Å².